The van der Waals surface area contributed by atoms with Gasteiger partial charge in [-0.3, -0.25) is 0 Å². The van der Waals surface area contributed by atoms with Crippen molar-refractivity contribution in [3.05, 3.63) is 170 Å². The highest BCUT2D eigenvalue weighted by Gasteiger charge is 2.24. The molecule has 8 heteroatoms. The predicted octanol–water partition coefficient (Wildman–Crippen LogP) is 9.90. The number of hydrogen-bond donors (Lipinski definition) is 3. The average molecular weight is 632 g/mol. The zero-order valence-corrected chi connectivity index (χ0v) is 25.9. The Morgan fingerprint density at radius 3 is 1.65 bits per heavy atom. The topological polar surface area (TPSA) is 89.6 Å². The zero-order chi connectivity index (χ0) is 32.4. The minimum absolute atomic E-state index is 0.243. The van der Waals surface area contributed by atoms with Gasteiger partial charge >= 0.3 is 0 Å². The molecule has 2 unspecified atom stereocenters. The number of rotatable bonds is 12. The van der Waals surface area contributed by atoms with Crippen molar-refractivity contribution in [2.75, 3.05) is 16.0 Å². The fourth-order valence-electron chi connectivity index (χ4n) is 5.19. The van der Waals surface area contributed by atoms with Crippen molar-refractivity contribution in [1.29, 1.82) is 0 Å². The van der Waals surface area contributed by atoms with Gasteiger partial charge in [0, 0.05) is 0 Å². The van der Waals surface area contributed by atoms with Gasteiger partial charge in [-0.05, 0) is 66.7 Å². The number of nitrogens with one attached hydrogen (secondary N) is 3. The maximum atomic E-state index is 6.41. The summed E-state index contributed by atoms with van der Waals surface area (Å²) in [6.07, 6.45) is 9.49. The summed E-state index contributed by atoms with van der Waals surface area (Å²) >= 11 is 0. The van der Waals surface area contributed by atoms with Gasteiger partial charge < -0.3 is 30.2 Å². The second kappa shape index (κ2) is 14.7. The largest absolute Gasteiger partial charge is 0.484 e. The molecule has 7 rings (SSSR count). The molecule has 1 aromatic heterocycles. The molecule has 0 amide bonds. The minimum atomic E-state index is -0.298. The van der Waals surface area contributed by atoms with Crippen molar-refractivity contribution in [2.24, 2.45) is 0 Å². The molecule has 0 saturated heterocycles. The van der Waals surface area contributed by atoms with Crippen molar-refractivity contribution in [3.8, 4) is 28.7 Å². The number of benzene rings is 5. The van der Waals surface area contributed by atoms with Gasteiger partial charge in [-0.15, -0.1) is 5.10 Å². The molecule has 0 bridgehead atoms. The van der Waals surface area contributed by atoms with Crippen molar-refractivity contribution in [3.63, 3.8) is 0 Å². The zero-order valence-electron chi connectivity index (χ0n) is 25.9. The van der Waals surface area contributed by atoms with Crippen LogP contribution in [0.4, 0.5) is 28.6 Å². The lowest BCUT2D eigenvalue weighted by Gasteiger charge is -2.28. The number of para-hydroxylation sites is 7. The number of anilines is 5. The summed E-state index contributed by atoms with van der Waals surface area (Å²) in [6, 6.07) is 44.4. The Kier molecular flexibility index (Phi) is 9.23. The summed E-state index contributed by atoms with van der Waals surface area (Å²) < 4.78 is 18.9. The summed E-state index contributed by atoms with van der Waals surface area (Å²) in [6.45, 7) is 0. The van der Waals surface area contributed by atoms with Crippen molar-refractivity contribution in [2.45, 2.75) is 12.1 Å². The summed E-state index contributed by atoms with van der Waals surface area (Å²) in [5.41, 5.74) is 2.84. The van der Waals surface area contributed by atoms with Crippen molar-refractivity contribution >= 4 is 28.6 Å². The van der Waals surface area contributed by atoms with Crippen molar-refractivity contribution < 1.29 is 14.2 Å². The standard InChI is InChI=1S/C40H33N5O3/c1-4-16-29(17-5-1)46-36-25-13-10-22-32(36)42-35-28-41-45-40(44-34-24-12-15-27-38(34)48-31-20-8-3-9-21-31)39(35)43-33-23-11-14-26-37(33)47-30-18-6-2-7-19-30/h1-28,33,37H,(H,41,43)(H2,42,44,45). The van der Waals surface area contributed by atoms with Gasteiger partial charge in [0.1, 0.15) is 29.0 Å². The van der Waals surface area contributed by atoms with Crippen LogP contribution in [0.5, 0.6) is 28.7 Å². The molecular weight excluding hydrogens is 598 g/mol. The second-order valence-electron chi connectivity index (χ2n) is 10.9. The summed E-state index contributed by atoms with van der Waals surface area (Å²) in [5.74, 6) is 4.03. The molecule has 5 aromatic carbocycles. The third-order valence-corrected chi connectivity index (χ3v) is 7.50. The van der Waals surface area contributed by atoms with Crippen LogP contribution in [0.15, 0.2) is 170 Å². The molecule has 6 aromatic rings. The monoisotopic (exact) mass is 631 g/mol. The first-order valence-corrected chi connectivity index (χ1v) is 15.7. The van der Waals surface area contributed by atoms with E-state index < -0.39 is 0 Å². The molecule has 236 valence electrons. The highest BCUT2D eigenvalue weighted by atomic mass is 16.5. The third-order valence-electron chi connectivity index (χ3n) is 7.50. The maximum Gasteiger partial charge on any atom is 0.178 e. The summed E-state index contributed by atoms with van der Waals surface area (Å²) in [4.78, 5) is 0. The molecule has 0 spiro atoms. The van der Waals surface area contributed by atoms with E-state index in [0.717, 1.165) is 28.6 Å². The Morgan fingerprint density at radius 1 is 0.500 bits per heavy atom. The Hall–Kier alpha value is -6.54. The van der Waals surface area contributed by atoms with E-state index in [9.17, 15) is 0 Å². The average Bonchev–Trinajstić information content (AvgIpc) is 3.13. The van der Waals surface area contributed by atoms with Crippen LogP contribution < -0.4 is 30.2 Å². The molecule has 1 aliphatic carbocycles. The van der Waals surface area contributed by atoms with Crippen LogP contribution in [-0.2, 0) is 0 Å². The van der Waals surface area contributed by atoms with Crippen LogP contribution in [0.2, 0.25) is 0 Å². The molecule has 0 saturated carbocycles. The molecule has 0 fully saturated rings. The fourth-order valence-corrected chi connectivity index (χ4v) is 5.19. The van der Waals surface area contributed by atoms with Gasteiger partial charge in [-0.25, -0.2) is 0 Å². The highest BCUT2D eigenvalue weighted by Crippen LogP contribution is 2.39. The van der Waals surface area contributed by atoms with E-state index in [-0.39, 0.29) is 12.1 Å². The first kappa shape index (κ1) is 30.1. The summed E-state index contributed by atoms with van der Waals surface area (Å²) in [7, 11) is 0. The first-order chi connectivity index (χ1) is 23.8. The van der Waals surface area contributed by atoms with E-state index in [1.54, 1.807) is 6.20 Å². The fraction of sp³-hybridized carbons (Fsp3) is 0.0500. The van der Waals surface area contributed by atoms with Crippen LogP contribution in [0, 0.1) is 0 Å². The lowest BCUT2D eigenvalue weighted by Crippen LogP contribution is -2.36. The third kappa shape index (κ3) is 7.46. The van der Waals surface area contributed by atoms with Gasteiger partial charge in [-0.1, -0.05) is 97.1 Å². The lowest BCUT2D eigenvalue weighted by atomic mass is 10.0. The Bertz CT molecular complexity index is 1900. The van der Waals surface area contributed by atoms with E-state index in [2.05, 4.69) is 32.2 Å². The Labute approximate surface area is 279 Å². The maximum absolute atomic E-state index is 6.41. The van der Waals surface area contributed by atoms with Crippen LogP contribution in [0.1, 0.15) is 0 Å². The number of nitrogens with zero attached hydrogens (tertiary/aromatic N) is 2. The lowest BCUT2D eigenvalue weighted by molar-refractivity contribution is 0.239. The van der Waals surface area contributed by atoms with E-state index >= 15 is 0 Å². The second-order valence-corrected chi connectivity index (χ2v) is 10.9. The van der Waals surface area contributed by atoms with E-state index in [1.807, 2.05) is 158 Å². The van der Waals surface area contributed by atoms with E-state index in [4.69, 9.17) is 14.2 Å². The smallest absolute Gasteiger partial charge is 0.178 e. The number of hydrogen-bond acceptors (Lipinski definition) is 8. The minimum Gasteiger partial charge on any atom is -0.484 e. The van der Waals surface area contributed by atoms with Crippen LogP contribution in [0.3, 0.4) is 0 Å². The van der Waals surface area contributed by atoms with Gasteiger partial charge in [0.05, 0.1) is 29.3 Å². The van der Waals surface area contributed by atoms with Crippen molar-refractivity contribution in [1.82, 2.24) is 10.2 Å². The molecule has 2 atom stereocenters. The SMILES string of the molecule is C1=CC(Nc2c(Nc3ccccc3Oc3ccccc3)cnnc2Nc2ccccc2Oc2ccccc2)C(Oc2ccccc2)C=C1. The quantitative estimate of drug-likeness (QED) is 0.123. The molecule has 8 nitrogen and oxygen atoms in total. The molecular formula is C40H33N5O3. The van der Waals surface area contributed by atoms with E-state index in [0.29, 0.717) is 28.7 Å². The number of ether oxygens (including phenoxy) is 3. The molecule has 0 radical (unpaired) electrons. The molecule has 1 aliphatic rings. The first-order valence-electron chi connectivity index (χ1n) is 15.7. The van der Waals surface area contributed by atoms with Crippen LogP contribution >= 0.6 is 0 Å². The number of allylic oxidation sites excluding steroid dienone is 2. The molecule has 0 aliphatic heterocycles. The molecule has 3 N–H and O–H groups in total. The normalized spacial score (nSPS) is 14.9. The Balaban J connectivity index is 1.24. The van der Waals surface area contributed by atoms with Gasteiger partial charge in [0.2, 0.25) is 0 Å². The van der Waals surface area contributed by atoms with Gasteiger partial charge in [-0.2, -0.15) is 5.10 Å². The molecule has 1 heterocycles. The van der Waals surface area contributed by atoms with Gasteiger partial charge in [0.15, 0.2) is 17.3 Å². The highest BCUT2D eigenvalue weighted by molar-refractivity contribution is 5.86. The van der Waals surface area contributed by atoms with Crippen LogP contribution in [0.25, 0.3) is 0 Å². The van der Waals surface area contributed by atoms with Crippen LogP contribution in [-0.4, -0.2) is 22.3 Å². The predicted molar refractivity (Wildman–Crippen MR) is 191 cm³/mol. The Morgan fingerprint density at radius 2 is 1.02 bits per heavy atom. The van der Waals surface area contributed by atoms with Gasteiger partial charge in [0.25, 0.3) is 0 Å². The summed E-state index contributed by atoms with van der Waals surface area (Å²) in [5, 5.41) is 19.7. The van der Waals surface area contributed by atoms with E-state index in [1.165, 1.54) is 0 Å². The molecule has 48 heavy (non-hydrogen) atoms. The number of aromatic nitrogens is 2.